The van der Waals surface area contributed by atoms with Crippen LogP contribution in [0.3, 0.4) is 0 Å². The standard InChI is InChI=1S/C20H18ClNO/c1-3-23-20-11-9-15-6-4-5-7-17(15)18(20)13-22-16-10-8-14(2)19(21)12-16/h4-13H,3H2,1-2H3. The van der Waals surface area contributed by atoms with Crippen LogP contribution in [-0.4, -0.2) is 12.8 Å². The van der Waals surface area contributed by atoms with E-state index in [1.165, 1.54) is 5.39 Å². The monoisotopic (exact) mass is 323 g/mol. The molecule has 116 valence electrons. The van der Waals surface area contributed by atoms with E-state index in [0.29, 0.717) is 6.61 Å². The first kappa shape index (κ1) is 15.6. The highest BCUT2D eigenvalue weighted by Crippen LogP contribution is 2.28. The van der Waals surface area contributed by atoms with Gasteiger partial charge in [0.2, 0.25) is 0 Å². The van der Waals surface area contributed by atoms with Gasteiger partial charge in [-0.05, 0) is 48.4 Å². The lowest BCUT2D eigenvalue weighted by molar-refractivity contribution is 0.340. The second-order valence-corrected chi connectivity index (χ2v) is 5.73. The number of ether oxygens (including phenoxy) is 1. The lowest BCUT2D eigenvalue weighted by Gasteiger charge is -2.10. The van der Waals surface area contributed by atoms with E-state index in [1.807, 2.05) is 56.5 Å². The summed E-state index contributed by atoms with van der Waals surface area (Å²) in [6, 6.07) is 18.1. The third-order valence-electron chi connectivity index (χ3n) is 3.73. The van der Waals surface area contributed by atoms with Crippen LogP contribution in [0.25, 0.3) is 10.8 Å². The molecular formula is C20H18ClNO. The fraction of sp³-hybridized carbons (Fsp3) is 0.150. The minimum absolute atomic E-state index is 0.621. The molecule has 0 fully saturated rings. The molecule has 0 aliphatic rings. The zero-order chi connectivity index (χ0) is 16.2. The summed E-state index contributed by atoms with van der Waals surface area (Å²) in [6.07, 6.45) is 1.86. The average molecular weight is 324 g/mol. The Morgan fingerprint density at radius 1 is 1.09 bits per heavy atom. The first-order valence-electron chi connectivity index (χ1n) is 7.64. The molecule has 0 bridgehead atoms. The van der Waals surface area contributed by atoms with Gasteiger partial charge in [0.15, 0.2) is 0 Å². The fourth-order valence-corrected chi connectivity index (χ4v) is 2.67. The van der Waals surface area contributed by atoms with Gasteiger partial charge >= 0.3 is 0 Å². The Kier molecular flexibility index (Phi) is 4.63. The number of rotatable bonds is 4. The predicted octanol–water partition coefficient (Wildman–Crippen LogP) is 5.95. The molecule has 0 aliphatic heterocycles. The van der Waals surface area contributed by atoms with Crippen molar-refractivity contribution >= 4 is 34.3 Å². The highest BCUT2D eigenvalue weighted by Gasteiger charge is 2.06. The van der Waals surface area contributed by atoms with E-state index < -0.39 is 0 Å². The number of aliphatic imine (C=N–C) groups is 1. The largest absolute Gasteiger partial charge is 0.493 e. The van der Waals surface area contributed by atoms with Crippen molar-refractivity contribution in [1.82, 2.24) is 0 Å². The van der Waals surface area contributed by atoms with Crippen molar-refractivity contribution in [2.24, 2.45) is 4.99 Å². The van der Waals surface area contributed by atoms with E-state index in [9.17, 15) is 0 Å². The van der Waals surface area contributed by atoms with E-state index in [2.05, 4.69) is 23.2 Å². The van der Waals surface area contributed by atoms with E-state index >= 15 is 0 Å². The van der Waals surface area contributed by atoms with Gasteiger partial charge in [-0.2, -0.15) is 0 Å². The number of benzene rings is 3. The SMILES string of the molecule is CCOc1ccc2ccccc2c1C=Nc1ccc(C)c(Cl)c1. The number of fused-ring (bicyclic) bond motifs is 1. The maximum atomic E-state index is 6.17. The average Bonchev–Trinajstić information content (AvgIpc) is 2.57. The predicted molar refractivity (Wildman–Crippen MR) is 98.6 cm³/mol. The molecule has 0 radical (unpaired) electrons. The molecule has 3 rings (SSSR count). The van der Waals surface area contributed by atoms with Crippen molar-refractivity contribution in [1.29, 1.82) is 0 Å². The highest BCUT2D eigenvalue weighted by molar-refractivity contribution is 6.31. The Morgan fingerprint density at radius 3 is 2.70 bits per heavy atom. The van der Waals surface area contributed by atoms with E-state index in [1.54, 1.807) is 0 Å². The third-order valence-corrected chi connectivity index (χ3v) is 4.14. The molecule has 2 nitrogen and oxygen atoms in total. The molecule has 0 N–H and O–H groups in total. The molecule has 3 aromatic rings. The maximum absolute atomic E-state index is 6.17. The molecule has 0 saturated heterocycles. The molecule has 3 aromatic carbocycles. The minimum Gasteiger partial charge on any atom is -0.493 e. The smallest absolute Gasteiger partial charge is 0.128 e. The molecule has 23 heavy (non-hydrogen) atoms. The summed E-state index contributed by atoms with van der Waals surface area (Å²) in [7, 11) is 0. The first-order valence-corrected chi connectivity index (χ1v) is 8.01. The van der Waals surface area contributed by atoms with Crippen LogP contribution in [0.5, 0.6) is 5.75 Å². The maximum Gasteiger partial charge on any atom is 0.128 e. The van der Waals surface area contributed by atoms with Crippen LogP contribution in [0.4, 0.5) is 5.69 Å². The Morgan fingerprint density at radius 2 is 1.91 bits per heavy atom. The number of nitrogens with zero attached hydrogens (tertiary/aromatic N) is 1. The number of hydrogen-bond acceptors (Lipinski definition) is 2. The van der Waals surface area contributed by atoms with Gasteiger partial charge in [-0.25, -0.2) is 0 Å². The Labute approximate surface area is 141 Å². The number of hydrogen-bond donors (Lipinski definition) is 0. The van der Waals surface area contributed by atoms with E-state index in [4.69, 9.17) is 16.3 Å². The van der Waals surface area contributed by atoms with Gasteiger partial charge in [0.05, 0.1) is 12.3 Å². The first-order chi connectivity index (χ1) is 11.2. The third kappa shape index (κ3) is 3.38. The summed E-state index contributed by atoms with van der Waals surface area (Å²) in [5.41, 5.74) is 2.86. The van der Waals surface area contributed by atoms with Crippen molar-refractivity contribution in [3.05, 3.63) is 70.7 Å². The number of aryl methyl sites for hydroxylation is 1. The fourth-order valence-electron chi connectivity index (χ4n) is 2.49. The molecule has 0 atom stereocenters. The Balaban J connectivity index is 2.07. The molecule has 3 heteroatoms. The van der Waals surface area contributed by atoms with Crippen LogP contribution in [0, 0.1) is 6.92 Å². The van der Waals surface area contributed by atoms with Crippen LogP contribution in [0.15, 0.2) is 59.6 Å². The zero-order valence-electron chi connectivity index (χ0n) is 13.2. The molecule has 0 aliphatic carbocycles. The van der Waals surface area contributed by atoms with Crippen LogP contribution in [0.2, 0.25) is 5.02 Å². The zero-order valence-corrected chi connectivity index (χ0v) is 14.0. The highest BCUT2D eigenvalue weighted by atomic mass is 35.5. The van der Waals surface area contributed by atoms with Gasteiger partial charge in [0, 0.05) is 16.8 Å². The summed E-state index contributed by atoms with van der Waals surface area (Å²) in [4.78, 5) is 4.58. The van der Waals surface area contributed by atoms with Gasteiger partial charge < -0.3 is 4.74 Å². The summed E-state index contributed by atoms with van der Waals surface area (Å²) in [6.45, 7) is 4.58. The summed E-state index contributed by atoms with van der Waals surface area (Å²) < 4.78 is 5.76. The van der Waals surface area contributed by atoms with Crippen LogP contribution < -0.4 is 4.74 Å². The second-order valence-electron chi connectivity index (χ2n) is 5.32. The van der Waals surface area contributed by atoms with Crippen molar-refractivity contribution in [3.63, 3.8) is 0 Å². The van der Waals surface area contributed by atoms with Crippen molar-refractivity contribution in [3.8, 4) is 5.75 Å². The summed E-state index contributed by atoms with van der Waals surface area (Å²) >= 11 is 6.17. The van der Waals surface area contributed by atoms with Gasteiger partial charge in [0.25, 0.3) is 0 Å². The van der Waals surface area contributed by atoms with Crippen LogP contribution >= 0.6 is 11.6 Å². The molecule has 0 unspecified atom stereocenters. The lowest BCUT2D eigenvalue weighted by Crippen LogP contribution is -1.97. The topological polar surface area (TPSA) is 21.6 Å². The molecule has 0 amide bonds. The quantitative estimate of drug-likeness (QED) is 0.543. The van der Waals surface area contributed by atoms with Gasteiger partial charge in [-0.1, -0.05) is 48.0 Å². The Bertz CT molecular complexity index is 871. The normalized spacial score (nSPS) is 11.3. The van der Waals surface area contributed by atoms with Gasteiger partial charge in [-0.3, -0.25) is 4.99 Å². The Hall–Kier alpha value is -2.32. The second kappa shape index (κ2) is 6.84. The summed E-state index contributed by atoms with van der Waals surface area (Å²) in [5.74, 6) is 0.841. The van der Waals surface area contributed by atoms with Crippen LogP contribution in [-0.2, 0) is 0 Å². The molecular weight excluding hydrogens is 306 g/mol. The van der Waals surface area contributed by atoms with Gasteiger partial charge in [-0.15, -0.1) is 0 Å². The molecule has 0 saturated carbocycles. The number of halogens is 1. The lowest BCUT2D eigenvalue weighted by atomic mass is 10.0. The van der Waals surface area contributed by atoms with Crippen molar-refractivity contribution in [2.75, 3.05) is 6.61 Å². The minimum atomic E-state index is 0.621. The molecule has 0 spiro atoms. The summed E-state index contributed by atoms with van der Waals surface area (Å²) in [5, 5.41) is 3.02. The molecule has 0 heterocycles. The van der Waals surface area contributed by atoms with Crippen LogP contribution in [0.1, 0.15) is 18.1 Å². The van der Waals surface area contributed by atoms with Crippen molar-refractivity contribution in [2.45, 2.75) is 13.8 Å². The van der Waals surface area contributed by atoms with Crippen molar-refractivity contribution < 1.29 is 4.74 Å². The van der Waals surface area contributed by atoms with E-state index in [0.717, 1.165) is 33.0 Å². The molecule has 0 aromatic heterocycles. The van der Waals surface area contributed by atoms with Gasteiger partial charge in [0.1, 0.15) is 5.75 Å². The van der Waals surface area contributed by atoms with E-state index in [-0.39, 0.29) is 0 Å².